The molecule has 0 aromatic carbocycles. The maximum absolute atomic E-state index is 10.7. The third kappa shape index (κ3) is 3.80. The standard InChI is InChI=1S/C16H28N2OS/c1-11(14-12(2)20-13(3)18-14)17-10-16(19)8-6-15(4,5)7-9-16/h11,17,19H,6-10H2,1-5H3. The van der Waals surface area contributed by atoms with Gasteiger partial charge in [0.1, 0.15) is 0 Å². The summed E-state index contributed by atoms with van der Waals surface area (Å²) >= 11 is 1.74. The highest BCUT2D eigenvalue weighted by atomic mass is 32.1. The Bertz CT molecular complexity index is 457. The van der Waals surface area contributed by atoms with Crippen molar-refractivity contribution in [1.29, 1.82) is 0 Å². The maximum atomic E-state index is 10.7. The minimum Gasteiger partial charge on any atom is -0.389 e. The molecule has 1 aliphatic carbocycles. The van der Waals surface area contributed by atoms with E-state index in [2.05, 4.69) is 38.0 Å². The van der Waals surface area contributed by atoms with Crippen LogP contribution in [0.3, 0.4) is 0 Å². The molecule has 3 nitrogen and oxygen atoms in total. The Hall–Kier alpha value is -0.450. The van der Waals surface area contributed by atoms with Gasteiger partial charge in [0.15, 0.2) is 0 Å². The van der Waals surface area contributed by atoms with Crippen LogP contribution in [0.25, 0.3) is 0 Å². The molecule has 1 aromatic heterocycles. The van der Waals surface area contributed by atoms with Gasteiger partial charge in [0.25, 0.3) is 0 Å². The summed E-state index contributed by atoms with van der Waals surface area (Å²) in [6.45, 7) is 11.6. The van der Waals surface area contributed by atoms with Crippen LogP contribution in [0.5, 0.6) is 0 Å². The minimum atomic E-state index is -0.539. The molecular formula is C16H28N2OS. The van der Waals surface area contributed by atoms with Crippen LogP contribution in [0.1, 0.15) is 68.1 Å². The number of aromatic nitrogens is 1. The molecule has 1 aromatic rings. The Morgan fingerprint density at radius 2 is 1.85 bits per heavy atom. The Kier molecular flexibility index (Phi) is 4.57. The maximum Gasteiger partial charge on any atom is 0.0900 e. The molecule has 0 amide bonds. The summed E-state index contributed by atoms with van der Waals surface area (Å²) in [7, 11) is 0. The van der Waals surface area contributed by atoms with Crippen molar-refractivity contribution in [2.24, 2.45) is 5.41 Å². The number of rotatable bonds is 4. The molecule has 0 spiro atoms. The Labute approximate surface area is 126 Å². The van der Waals surface area contributed by atoms with Crippen LogP contribution in [0, 0.1) is 19.3 Å². The van der Waals surface area contributed by atoms with Crippen molar-refractivity contribution in [2.45, 2.75) is 71.9 Å². The SMILES string of the molecule is Cc1nc(C(C)NCC2(O)CCC(C)(C)CC2)c(C)s1. The summed E-state index contributed by atoms with van der Waals surface area (Å²) in [6.07, 6.45) is 4.01. The van der Waals surface area contributed by atoms with E-state index in [1.807, 2.05) is 6.92 Å². The lowest BCUT2D eigenvalue weighted by atomic mass is 9.71. The summed E-state index contributed by atoms with van der Waals surface area (Å²) in [5.74, 6) is 0. The van der Waals surface area contributed by atoms with Crippen molar-refractivity contribution in [3.63, 3.8) is 0 Å². The van der Waals surface area contributed by atoms with E-state index in [1.165, 1.54) is 4.88 Å². The molecule has 1 fully saturated rings. The fraction of sp³-hybridized carbons (Fsp3) is 0.812. The fourth-order valence-corrected chi connectivity index (χ4v) is 3.87. The van der Waals surface area contributed by atoms with E-state index in [9.17, 15) is 5.11 Å². The molecule has 1 aliphatic rings. The van der Waals surface area contributed by atoms with E-state index in [1.54, 1.807) is 11.3 Å². The van der Waals surface area contributed by atoms with E-state index >= 15 is 0 Å². The summed E-state index contributed by atoms with van der Waals surface area (Å²) in [6, 6.07) is 0.207. The number of hydrogen-bond acceptors (Lipinski definition) is 4. The van der Waals surface area contributed by atoms with Crippen molar-refractivity contribution in [2.75, 3.05) is 6.54 Å². The summed E-state index contributed by atoms with van der Waals surface area (Å²) in [5.41, 5.74) is 0.982. The summed E-state index contributed by atoms with van der Waals surface area (Å²) in [5, 5.41) is 15.3. The van der Waals surface area contributed by atoms with Gasteiger partial charge in [-0.25, -0.2) is 4.98 Å². The molecular weight excluding hydrogens is 268 g/mol. The molecule has 2 N–H and O–H groups in total. The second-order valence-electron chi connectivity index (χ2n) is 7.17. The first-order chi connectivity index (χ1) is 9.21. The van der Waals surface area contributed by atoms with Gasteiger partial charge in [-0.15, -0.1) is 11.3 Å². The quantitative estimate of drug-likeness (QED) is 0.889. The highest BCUT2D eigenvalue weighted by Gasteiger charge is 2.36. The molecule has 114 valence electrons. The van der Waals surface area contributed by atoms with Crippen LogP contribution >= 0.6 is 11.3 Å². The van der Waals surface area contributed by atoms with Gasteiger partial charge in [0.05, 0.1) is 16.3 Å². The zero-order valence-corrected chi connectivity index (χ0v) is 14.2. The van der Waals surface area contributed by atoms with Crippen LogP contribution < -0.4 is 5.32 Å². The predicted octanol–water partition coefficient (Wildman–Crippen LogP) is 3.74. The normalized spacial score (nSPS) is 22.7. The molecule has 0 saturated heterocycles. The lowest BCUT2D eigenvalue weighted by Crippen LogP contribution is -2.45. The summed E-state index contributed by atoms with van der Waals surface area (Å²) in [4.78, 5) is 5.87. The fourth-order valence-electron chi connectivity index (χ4n) is 2.96. The third-order valence-corrected chi connectivity index (χ3v) is 5.52. The molecule has 4 heteroatoms. The molecule has 1 atom stereocenters. The molecule has 1 saturated carbocycles. The third-order valence-electron chi connectivity index (χ3n) is 4.62. The van der Waals surface area contributed by atoms with Gasteiger partial charge in [0.2, 0.25) is 0 Å². The average Bonchev–Trinajstić information content (AvgIpc) is 2.70. The lowest BCUT2D eigenvalue weighted by molar-refractivity contribution is -0.0258. The van der Waals surface area contributed by atoms with E-state index in [4.69, 9.17) is 0 Å². The van der Waals surface area contributed by atoms with Gasteiger partial charge < -0.3 is 10.4 Å². The van der Waals surface area contributed by atoms with Crippen LogP contribution in [0.2, 0.25) is 0 Å². The Balaban J connectivity index is 1.90. The second-order valence-corrected chi connectivity index (χ2v) is 8.57. The highest BCUT2D eigenvalue weighted by Crippen LogP contribution is 2.40. The largest absolute Gasteiger partial charge is 0.389 e. The van der Waals surface area contributed by atoms with Crippen molar-refractivity contribution in [3.8, 4) is 0 Å². The zero-order valence-electron chi connectivity index (χ0n) is 13.4. The van der Waals surface area contributed by atoms with Gasteiger partial charge in [0, 0.05) is 17.5 Å². The topological polar surface area (TPSA) is 45.2 Å². The highest BCUT2D eigenvalue weighted by molar-refractivity contribution is 7.11. The number of nitrogens with one attached hydrogen (secondary N) is 1. The first-order valence-corrected chi connectivity index (χ1v) is 8.42. The molecule has 0 bridgehead atoms. The molecule has 2 rings (SSSR count). The molecule has 20 heavy (non-hydrogen) atoms. The van der Waals surface area contributed by atoms with E-state index in [0.717, 1.165) is 36.4 Å². The second kappa shape index (κ2) is 5.74. The first-order valence-electron chi connectivity index (χ1n) is 7.61. The average molecular weight is 296 g/mol. The van der Waals surface area contributed by atoms with Crippen molar-refractivity contribution < 1.29 is 5.11 Å². The van der Waals surface area contributed by atoms with Crippen molar-refractivity contribution in [1.82, 2.24) is 10.3 Å². The number of aliphatic hydroxyl groups is 1. The van der Waals surface area contributed by atoms with E-state index in [0.29, 0.717) is 12.0 Å². The van der Waals surface area contributed by atoms with E-state index < -0.39 is 5.60 Å². The van der Waals surface area contributed by atoms with Crippen LogP contribution in [0.15, 0.2) is 0 Å². The lowest BCUT2D eigenvalue weighted by Gasteiger charge is -2.40. The van der Waals surface area contributed by atoms with Gasteiger partial charge in [-0.3, -0.25) is 0 Å². The molecule has 0 aliphatic heterocycles. The van der Waals surface area contributed by atoms with Crippen LogP contribution in [0.4, 0.5) is 0 Å². The summed E-state index contributed by atoms with van der Waals surface area (Å²) < 4.78 is 0. The van der Waals surface area contributed by atoms with Gasteiger partial charge in [-0.05, 0) is 51.9 Å². The van der Waals surface area contributed by atoms with Crippen LogP contribution in [-0.4, -0.2) is 22.2 Å². The van der Waals surface area contributed by atoms with Crippen LogP contribution in [-0.2, 0) is 0 Å². The smallest absolute Gasteiger partial charge is 0.0900 e. The van der Waals surface area contributed by atoms with Gasteiger partial charge in [-0.1, -0.05) is 13.8 Å². The number of thiazole rings is 1. The van der Waals surface area contributed by atoms with Crippen molar-refractivity contribution >= 4 is 11.3 Å². The van der Waals surface area contributed by atoms with Gasteiger partial charge >= 0.3 is 0 Å². The monoisotopic (exact) mass is 296 g/mol. The number of hydrogen-bond donors (Lipinski definition) is 2. The number of nitrogens with zero attached hydrogens (tertiary/aromatic N) is 1. The van der Waals surface area contributed by atoms with Crippen molar-refractivity contribution in [3.05, 3.63) is 15.6 Å². The molecule has 1 unspecified atom stereocenters. The predicted molar refractivity (Wildman–Crippen MR) is 85.2 cm³/mol. The number of aryl methyl sites for hydroxylation is 2. The Morgan fingerprint density at radius 1 is 1.25 bits per heavy atom. The Morgan fingerprint density at radius 3 is 2.35 bits per heavy atom. The van der Waals surface area contributed by atoms with Gasteiger partial charge in [-0.2, -0.15) is 0 Å². The molecule has 1 heterocycles. The first kappa shape index (κ1) is 15.9. The minimum absolute atomic E-state index is 0.207. The van der Waals surface area contributed by atoms with E-state index in [-0.39, 0.29) is 6.04 Å². The molecule has 0 radical (unpaired) electrons. The zero-order chi connectivity index (χ0) is 15.0.